The summed E-state index contributed by atoms with van der Waals surface area (Å²) in [5.74, 6) is 0.802. The molecule has 226 valence electrons. The number of aliphatic hydroxyl groups is 1. The van der Waals surface area contributed by atoms with Crippen LogP contribution in [0.25, 0.3) is 0 Å². The summed E-state index contributed by atoms with van der Waals surface area (Å²) in [5, 5.41) is 10.5. The maximum atomic E-state index is 13.4. The Hall–Kier alpha value is -2.49. The number of carbonyl (C=O) groups excluding carboxylic acids is 1. The number of nitrogens with one attached hydrogen (secondary N) is 1. The van der Waals surface area contributed by atoms with Crippen LogP contribution < -0.4 is 33.1 Å². The molecule has 41 heavy (non-hydrogen) atoms. The molecule has 2 aromatic rings. The summed E-state index contributed by atoms with van der Waals surface area (Å²) in [5.41, 5.74) is 2.25. The minimum atomic E-state index is -4.94. The standard InChI is InChI=1S/C25H27NO7.CH2Cl2.ClHO4/c1-2-21(27)26-24-22-17-5-3-7-19(22)32-15-13-30-11-9-29-10-12-31-14-16-33-20-8-4-6-18(23(20)24)25(17)28;2-1-3;2-1(3,4)5/h2-8,24H,1,9-16H2,(H,26,27);1H2;(H,2,3,4,5). The number of rotatable bonds is 2. The van der Waals surface area contributed by atoms with E-state index in [1.807, 2.05) is 0 Å². The molecule has 0 fully saturated rings. The molecule has 0 saturated heterocycles. The molecule has 1 aliphatic carbocycles. The quantitative estimate of drug-likeness (QED) is 0.211. The Labute approximate surface area is 249 Å². The van der Waals surface area contributed by atoms with E-state index in [1.165, 1.54) is 6.08 Å². The highest BCUT2D eigenvalue weighted by Crippen LogP contribution is 2.42. The number of ether oxygens (including phenoxy) is 5. The minimum absolute atomic E-state index is 0.121. The van der Waals surface area contributed by atoms with Gasteiger partial charge in [0.2, 0.25) is 6.04 Å². The lowest BCUT2D eigenvalue weighted by atomic mass is 9.80. The highest BCUT2D eigenvalue weighted by molar-refractivity contribution is 6.40. The lowest BCUT2D eigenvalue weighted by Gasteiger charge is -2.25. The average Bonchev–Trinajstić information content (AvgIpc) is 2.92. The van der Waals surface area contributed by atoms with Crippen molar-refractivity contribution < 1.29 is 67.5 Å². The zero-order valence-corrected chi connectivity index (χ0v) is 24.1. The van der Waals surface area contributed by atoms with E-state index in [4.69, 9.17) is 65.5 Å². The molecule has 0 atom stereocenters. The fraction of sp³-hybridized carbons (Fsp3) is 0.385. The van der Waals surface area contributed by atoms with Crippen molar-refractivity contribution in [3.8, 4) is 11.5 Å². The van der Waals surface area contributed by atoms with Crippen LogP contribution in [-0.2, 0) is 14.2 Å². The lowest BCUT2D eigenvalue weighted by Crippen LogP contribution is -2.75. The molecule has 0 saturated carbocycles. The van der Waals surface area contributed by atoms with Gasteiger partial charge in [0.25, 0.3) is 0 Å². The van der Waals surface area contributed by atoms with E-state index in [0.717, 1.165) is 0 Å². The van der Waals surface area contributed by atoms with Crippen LogP contribution in [0.2, 0.25) is 0 Å². The van der Waals surface area contributed by atoms with Crippen LogP contribution in [-0.4, -0.2) is 75.0 Å². The van der Waals surface area contributed by atoms with Crippen molar-refractivity contribution in [2.24, 2.45) is 0 Å². The average molecular weight is 639 g/mol. The number of hydrogen-bond acceptors (Lipinski definition) is 10. The third kappa shape index (κ3) is 11.7. The van der Waals surface area contributed by atoms with Crippen LogP contribution in [0.1, 0.15) is 33.1 Å². The van der Waals surface area contributed by atoms with Crippen molar-refractivity contribution in [1.82, 2.24) is 0 Å². The van der Waals surface area contributed by atoms with Gasteiger partial charge in [-0.15, -0.1) is 33.4 Å². The van der Waals surface area contributed by atoms with Crippen LogP contribution in [0.15, 0.2) is 49.1 Å². The van der Waals surface area contributed by atoms with Crippen molar-refractivity contribution >= 4 is 34.9 Å². The van der Waals surface area contributed by atoms with Gasteiger partial charge in [-0.2, -0.15) is 4.99 Å². The molecule has 2 N–H and O–H groups in total. The maximum Gasteiger partial charge on any atom is 0.358 e. The second-order valence-corrected chi connectivity index (χ2v) is 9.51. The van der Waals surface area contributed by atoms with Crippen molar-refractivity contribution in [2.75, 3.05) is 58.2 Å². The lowest BCUT2D eigenvalue weighted by molar-refractivity contribution is -2.00. The van der Waals surface area contributed by atoms with E-state index in [2.05, 4.69) is 11.6 Å². The van der Waals surface area contributed by atoms with E-state index >= 15 is 0 Å². The van der Waals surface area contributed by atoms with Crippen molar-refractivity contribution in [1.29, 1.82) is 0 Å². The van der Waals surface area contributed by atoms with E-state index in [1.54, 1.807) is 36.4 Å². The molecule has 0 unspecified atom stereocenters. The predicted octanol–water partition coefficient (Wildman–Crippen LogP) is -1.97. The molecule has 2 bridgehead atoms. The maximum absolute atomic E-state index is 13.4. The van der Waals surface area contributed by atoms with Gasteiger partial charge >= 0.3 is 5.90 Å². The summed E-state index contributed by atoms with van der Waals surface area (Å²) in [4.78, 5) is 16.5. The molecular formula is C26H30Cl3NO11. The first-order valence-electron chi connectivity index (χ1n) is 12.1. The molecule has 4 rings (SSSR count). The molecule has 15 heteroatoms. The summed E-state index contributed by atoms with van der Waals surface area (Å²) in [6.45, 7) is 6.77. The van der Waals surface area contributed by atoms with E-state index < -0.39 is 16.3 Å². The number of halogens is 3. The molecular weight excluding hydrogens is 609 g/mol. The number of alkyl halides is 2. The number of benzene rings is 2. The molecule has 0 aromatic heterocycles. The van der Waals surface area contributed by atoms with Gasteiger partial charge in [0.15, 0.2) is 5.78 Å². The number of aliphatic hydroxyl groups excluding tert-OH is 1. The summed E-state index contributed by atoms with van der Waals surface area (Å²) in [6, 6.07) is 10.1. The van der Waals surface area contributed by atoms with Gasteiger partial charge in [-0.3, -0.25) is 4.79 Å². The van der Waals surface area contributed by atoms with Gasteiger partial charge in [-0.1, -0.05) is 30.8 Å². The van der Waals surface area contributed by atoms with Gasteiger partial charge in [0.05, 0.1) is 56.1 Å². The summed E-state index contributed by atoms with van der Waals surface area (Å²) < 4.78 is 62.6. The highest BCUT2D eigenvalue weighted by atomic mass is 35.7. The zero-order chi connectivity index (χ0) is 30.3. The van der Waals surface area contributed by atoms with Crippen LogP contribution in [0.3, 0.4) is 0 Å². The second kappa shape index (κ2) is 18.1. The Balaban J connectivity index is 0.000000653. The van der Waals surface area contributed by atoms with Gasteiger partial charge < -0.3 is 28.8 Å². The molecule has 1 heterocycles. The molecule has 2 aromatic carbocycles. The van der Waals surface area contributed by atoms with Crippen molar-refractivity contribution in [3.63, 3.8) is 0 Å². The van der Waals surface area contributed by atoms with Gasteiger partial charge in [0, 0.05) is 17.2 Å². The Morgan fingerprint density at radius 2 is 1.22 bits per heavy atom. The van der Waals surface area contributed by atoms with E-state index in [-0.39, 0.29) is 17.0 Å². The molecule has 0 radical (unpaired) electrons. The Morgan fingerprint density at radius 3 is 1.59 bits per heavy atom. The van der Waals surface area contributed by atoms with Crippen LogP contribution in [0.5, 0.6) is 11.5 Å². The van der Waals surface area contributed by atoms with Crippen LogP contribution in [0, 0.1) is 10.2 Å². The number of hydrogen-bond donors (Lipinski definition) is 2. The first-order chi connectivity index (χ1) is 19.6. The Bertz CT molecular complexity index is 1080. The van der Waals surface area contributed by atoms with E-state index in [9.17, 15) is 9.90 Å². The fourth-order valence-corrected chi connectivity index (χ4v) is 3.93. The Kier molecular flexibility index (Phi) is 15.4. The zero-order valence-electron chi connectivity index (χ0n) is 21.9. The highest BCUT2D eigenvalue weighted by Gasteiger charge is 2.39. The molecule has 0 spiro atoms. The summed E-state index contributed by atoms with van der Waals surface area (Å²) >= 11 is 9.53. The third-order valence-corrected chi connectivity index (χ3v) is 5.40. The molecule has 1 aliphatic heterocycles. The number of ketones is 1. The molecule has 0 amide bonds. The summed E-state index contributed by atoms with van der Waals surface area (Å²) in [6.07, 6.45) is 1.31. The molecule has 12 nitrogen and oxygen atoms in total. The van der Waals surface area contributed by atoms with Gasteiger partial charge in [-0.25, -0.2) is 18.6 Å². The predicted molar refractivity (Wildman–Crippen MR) is 137 cm³/mol. The van der Waals surface area contributed by atoms with Crippen LogP contribution in [0.4, 0.5) is 0 Å². The third-order valence-electron chi connectivity index (χ3n) is 5.40. The minimum Gasteiger partial charge on any atom is -0.491 e. The second-order valence-electron chi connectivity index (χ2n) is 7.94. The van der Waals surface area contributed by atoms with Crippen molar-refractivity contribution in [3.05, 3.63) is 71.3 Å². The van der Waals surface area contributed by atoms with E-state index in [0.29, 0.717) is 86.6 Å². The van der Waals surface area contributed by atoms with Crippen LogP contribution >= 0.6 is 23.2 Å². The largest absolute Gasteiger partial charge is 0.491 e. The fourth-order valence-electron chi connectivity index (χ4n) is 3.93. The topological polar surface area (TPSA) is 190 Å². The monoisotopic (exact) mass is 637 g/mol. The van der Waals surface area contributed by atoms with Crippen molar-refractivity contribution in [2.45, 2.75) is 6.04 Å². The summed E-state index contributed by atoms with van der Waals surface area (Å²) in [7, 11) is -4.94. The smallest absolute Gasteiger partial charge is 0.358 e. The molecule has 2 aliphatic rings. The van der Waals surface area contributed by atoms with Gasteiger partial charge in [-0.05, 0) is 12.1 Å². The number of carbonyl (C=O) groups is 1. The Morgan fingerprint density at radius 1 is 0.854 bits per heavy atom. The SMILES string of the molecule is C=CC(O)=[NH+]C1c2c3cccc2C(=O)c2cccc(c21)OCCOCCOCCOCCO3.ClCCl.[O-][Cl+3]([O-])([O-])[O-]. The van der Waals surface area contributed by atoms with Gasteiger partial charge in [0.1, 0.15) is 24.7 Å². The normalized spacial score (nSPS) is 16.7. The first-order valence-corrected chi connectivity index (χ1v) is 14.4. The first kappa shape index (κ1) is 34.7.